The Balaban J connectivity index is 2.33. The summed E-state index contributed by atoms with van der Waals surface area (Å²) in [4.78, 5) is 11.7. The third kappa shape index (κ3) is 5.32. The van der Waals surface area contributed by atoms with Crippen molar-refractivity contribution in [3.63, 3.8) is 0 Å². The van der Waals surface area contributed by atoms with Crippen molar-refractivity contribution < 1.29 is 4.79 Å². The molecule has 0 bridgehead atoms. The number of carbonyl (C=O) groups is 1. The van der Waals surface area contributed by atoms with Gasteiger partial charge in [-0.3, -0.25) is 4.79 Å². The number of rotatable bonds is 6. The Morgan fingerprint density at radius 3 is 2.67 bits per heavy atom. The van der Waals surface area contributed by atoms with Crippen LogP contribution in [0.2, 0.25) is 0 Å². The molecule has 1 aromatic carbocycles. The second-order valence-electron chi connectivity index (χ2n) is 5.06. The van der Waals surface area contributed by atoms with Crippen molar-refractivity contribution in [2.45, 2.75) is 46.1 Å². The van der Waals surface area contributed by atoms with E-state index in [4.69, 9.17) is 5.73 Å². The second kappa shape index (κ2) is 7.17. The zero-order chi connectivity index (χ0) is 13.5. The lowest BCUT2D eigenvalue weighted by Gasteiger charge is -2.08. The van der Waals surface area contributed by atoms with Crippen LogP contribution in [0.25, 0.3) is 0 Å². The molecule has 1 aromatic rings. The van der Waals surface area contributed by atoms with Crippen molar-refractivity contribution in [1.82, 2.24) is 5.32 Å². The molecule has 0 aliphatic heterocycles. The first-order valence-electron chi connectivity index (χ1n) is 6.57. The van der Waals surface area contributed by atoms with Crippen LogP contribution >= 0.6 is 0 Å². The summed E-state index contributed by atoms with van der Waals surface area (Å²) in [6, 6.07) is 6.37. The molecule has 1 amide bonds. The Morgan fingerprint density at radius 2 is 2.06 bits per heavy atom. The van der Waals surface area contributed by atoms with Gasteiger partial charge in [-0.05, 0) is 50.3 Å². The minimum atomic E-state index is 0.0860. The maximum atomic E-state index is 11.7. The molecule has 1 unspecified atom stereocenters. The maximum Gasteiger partial charge on any atom is 0.224 e. The molecular formula is C15H24N2O. The van der Waals surface area contributed by atoms with Crippen molar-refractivity contribution in [1.29, 1.82) is 0 Å². The largest absolute Gasteiger partial charge is 0.356 e. The highest BCUT2D eigenvalue weighted by Gasteiger charge is 2.04. The molecule has 18 heavy (non-hydrogen) atoms. The van der Waals surface area contributed by atoms with Gasteiger partial charge in [0.25, 0.3) is 0 Å². The van der Waals surface area contributed by atoms with Crippen molar-refractivity contribution in [3.8, 4) is 0 Å². The van der Waals surface area contributed by atoms with Crippen LogP contribution in [-0.2, 0) is 11.2 Å². The molecule has 0 heterocycles. The summed E-state index contributed by atoms with van der Waals surface area (Å²) in [6.07, 6.45) is 2.35. The Morgan fingerprint density at radius 1 is 1.33 bits per heavy atom. The van der Waals surface area contributed by atoms with E-state index in [0.29, 0.717) is 13.0 Å². The molecule has 0 aromatic heterocycles. The SMILES string of the molecule is Cc1ccc(CC(=O)NCCCC(C)N)cc1C. The lowest BCUT2D eigenvalue weighted by atomic mass is 10.0. The van der Waals surface area contributed by atoms with Gasteiger partial charge >= 0.3 is 0 Å². The van der Waals surface area contributed by atoms with Crippen LogP contribution < -0.4 is 11.1 Å². The summed E-state index contributed by atoms with van der Waals surface area (Å²) < 4.78 is 0. The lowest BCUT2D eigenvalue weighted by molar-refractivity contribution is -0.120. The molecule has 0 saturated heterocycles. The van der Waals surface area contributed by atoms with Crippen LogP contribution in [-0.4, -0.2) is 18.5 Å². The molecule has 1 atom stereocenters. The molecule has 3 heteroatoms. The van der Waals surface area contributed by atoms with Gasteiger partial charge < -0.3 is 11.1 Å². The first-order chi connectivity index (χ1) is 8.49. The van der Waals surface area contributed by atoms with Crippen LogP contribution in [0, 0.1) is 13.8 Å². The lowest BCUT2D eigenvalue weighted by Crippen LogP contribution is -2.27. The summed E-state index contributed by atoms with van der Waals surface area (Å²) in [6.45, 7) is 6.84. The first kappa shape index (κ1) is 14.7. The predicted molar refractivity (Wildman–Crippen MR) is 75.5 cm³/mol. The minimum Gasteiger partial charge on any atom is -0.356 e. The van der Waals surface area contributed by atoms with Crippen molar-refractivity contribution in [3.05, 3.63) is 34.9 Å². The summed E-state index contributed by atoms with van der Waals surface area (Å²) in [5.41, 5.74) is 9.22. The second-order valence-corrected chi connectivity index (χ2v) is 5.06. The van der Waals surface area contributed by atoms with E-state index < -0.39 is 0 Å². The number of aryl methyl sites for hydroxylation is 2. The quantitative estimate of drug-likeness (QED) is 0.757. The van der Waals surface area contributed by atoms with E-state index in [0.717, 1.165) is 18.4 Å². The monoisotopic (exact) mass is 248 g/mol. The fourth-order valence-electron chi connectivity index (χ4n) is 1.81. The summed E-state index contributed by atoms with van der Waals surface area (Å²) in [7, 11) is 0. The Hall–Kier alpha value is -1.35. The highest BCUT2D eigenvalue weighted by atomic mass is 16.1. The van der Waals surface area contributed by atoms with Gasteiger partial charge in [0.15, 0.2) is 0 Å². The van der Waals surface area contributed by atoms with E-state index in [1.54, 1.807) is 0 Å². The van der Waals surface area contributed by atoms with Crippen LogP contribution in [0.5, 0.6) is 0 Å². The molecule has 0 fully saturated rings. The molecule has 3 N–H and O–H groups in total. The Bertz CT molecular complexity index is 399. The van der Waals surface area contributed by atoms with Gasteiger partial charge in [-0.25, -0.2) is 0 Å². The van der Waals surface area contributed by atoms with Gasteiger partial charge in [-0.1, -0.05) is 18.2 Å². The van der Waals surface area contributed by atoms with E-state index >= 15 is 0 Å². The van der Waals surface area contributed by atoms with E-state index in [1.165, 1.54) is 11.1 Å². The average Bonchev–Trinajstić information content (AvgIpc) is 2.29. The third-order valence-corrected chi connectivity index (χ3v) is 3.09. The first-order valence-corrected chi connectivity index (χ1v) is 6.57. The van der Waals surface area contributed by atoms with E-state index in [9.17, 15) is 4.79 Å². The van der Waals surface area contributed by atoms with Crippen molar-refractivity contribution in [2.24, 2.45) is 5.73 Å². The van der Waals surface area contributed by atoms with Gasteiger partial charge in [-0.2, -0.15) is 0 Å². The topological polar surface area (TPSA) is 55.1 Å². The number of hydrogen-bond acceptors (Lipinski definition) is 2. The van der Waals surface area contributed by atoms with Gasteiger partial charge in [-0.15, -0.1) is 0 Å². The van der Waals surface area contributed by atoms with E-state index in [1.807, 2.05) is 13.0 Å². The molecule has 3 nitrogen and oxygen atoms in total. The fraction of sp³-hybridized carbons (Fsp3) is 0.533. The van der Waals surface area contributed by atoms with Crippen LogP contribution in [0.4, 0.5) is 0 Å². The predicted octanol–water partition coefficient (Wildman–Crippen LogP) is 2.09. The number of hydrogen-bond donors (Lipinski definition) is 2. The number of nitrogens with one attached hydrogen (secondary N) is 1. The van der Waals surface area contributed by atoms with E-state index in [2.05, 4.69) is 31.3 Å². The van der Waals surface area contributed by atoms with Crippen molar-refractivity contribution >= 4 is 5.91 Å². The highest BCUT2D eigenvalue weighted by molar-refractivity contribution is 5.78. The molecule has 0 aliphatic carbocycles. The zero-order valence-electron chi connectivity index (χ0n) is 11.6. The number of amides is 1. The molecule has 0 spiro atoms. The normalized spacial score (nSPS) is 12.2. The van der Waals surface area contributed by atoms with Crippen LogP contribution in [0.1, 0.15) is 36.5 Å². The number of carbonyl (C=O) groups excluding carboxylic acids is 1. The minimum absolute atomic E-state index is 0.0860. The Labute approximate surface area is 110 Å². The van der Waals surface area contributed by atoms with E-state index in [-0.39, 0.29) is 11.9 Å². The molecule has 0 radical (unpaired) electrons. The summed E-state index contributed by atoms with van der Waals surface area (Å²) in [5.74, 6) is 0.0860. The molecular weight excluding hydrogens is 224 g/mol. The third-order valence-electron chi connectivity index (χ3n) is 3.09. The number of benzene rings is 1. The molecule has 100 valence electrons. The number of nitrogens with two attached hydrogens (primary N) is 1. The summed E-state index contributed by atoms with van der Waals surface area (Å²) >= 11 is 0. The zero-order valence-corrected chi connectivity index (χ0v) is 11.6. The van der Waals surface area contributed by atoms with Crippen LogP contribution in [0.15, 0.2) is 18.2 Å². The molecule has 1 rings (SSSR count). The average molecular weight is 248 g/mol. The summed E-state index contributed by atoms with van der Waals surface area (Å²) in [5, 5.41) is 2.93. The highest BCUT2D eigenvalue weighted by Crippen LogP contribution is 2.10. The van der Waals surface area contributed by atoms with Gasteiger partial charge in [0.05, 0.1) is 6.42 Å². The van der Waals surface area contributed by atoms with Gasteiger partial charge in [0, 0.05) is 12.6 Å². The Kier molecular flexibility index (Phi) is 5.86. The fourth-order valence-corrected chi connectivity index (χ4v) is 1.81. The molecule has 0 aliphatic rings. The van der Waals surface area contributed by atoms with Gasteiger partial charge in [0.2, 0.25) is 5.91 Å². The molecule has 0 saturated carbocycles. The maximum absolute atomic E-state index is 11.7. The van der Waals surface area contributed by atoms with Crippen molar-refractivity contribution in [2.75, 3.05) is 6.54 Å². The smallest absolute Gasteiger partial charge is 0.224 e. The standard InChI is InChI=1S/C15H24N2O/c1-11-6-7-14(9-12(11)2)10-15(18)17-8-4-5-13(3)16/h6-7,9,13H,4-5,8,10,16H2,1-3H3,(H,17,18). The van der Waals surface area contributed by atoms with Gasteiger partial charge in [0.1, 0.15) is 0 Å². The van der Waals surface area contributed by atoms with Crippen LogP contribution in [0.3, 0.4) is 0 Å².